The summed E-state index contributed by atoms with van der Waals surface area (Å²) in [5.74, 6) is 0. The van der Waals surface area contributed by atoms with Gasteiger partial charge >= 0.3 is 0 Å². The number of hydrogen-bond acceptors (Lipinski definition) is 3. The van der Waals surface area contributed by atoms with Crippen molar-refractivity contribution in [1.29, 1.82) is 10.5 Å². The van der Waals surface area contributed by atoms with Crippen LogP contribution in [-0.2, 0) is 6.42 Å². The molecule has 6 heteroatoms. The van der Waals surface area contributed by atoms with Gasteiger partial charge in [0.05, 0.1) is 18.1 Å². The van der Waals surface area contributed by atoms with Gasteiger partial charge in [-0.05, 0) is 28.2 Å². The van der Waals surface area contributed by atoms with Crippen LogP contribution >= 0.6 is 22.6 Å². The van der Waals surface area contributed by atoms with E-state index in [0.29, 0.717) is 5.56 Å². The van der Waals surface area contributed by atoms with Gasteiger partial charge in [-0.2, -0.15) is 10.5 Å². The summed E-state index contributed by atoms with van der Waals surface area (Å²) in [7, 11) is 0. The van der Waals surface area contributed by atoms with E-state index >= 15 is 0 Å². The Labute approximate surface area is 98.5 Å². The SMILES string of the molecule is N#CCc1cnc(C#N)c(C(F)F)c1I. The van der Waals surface area contributed by atoms with Gasteiger partial charge < -0.3 is 0 Å². The fraction of sp³-hybridized carbons (Fsp3) is 0.222. The van der Waals surface area contributed by atoms with Crippen LogP contribution in [0.1, 0.15) is 23.2 Å². The molecule has 0 saturated heterocycles. The van der Waals surface area contributed by atoms with E-state index in [1.54, 1.807) is 28.7 Å². The zero-order valence-corrected chi connectivity index (χ0v) is 9.49. The molecule has 0 amide bonds. The lowest BCUT2D eigenvalue weighted by atomic mass is 10.1. The molecule has 0 atom stereocenters. The van der Waals surface area contributed by atoms with Crippen LogP contribution in [0.25, 0.3) is 0 Å². The van der Waals surface area contributed by atoms with Crippen LogP contribution < -0.4 is 0 Å². The first-order valence-corrected chi connectivity index (χ1v) is 4.92. The molecule has 0 radical (unpaired) electrons. The Bertz CT molecular complexity index is 460. The Morgan fingerprint density at radius 1 is 1.47 bits per heavy atom. The molecule has 0 bridgehead atoms. The minimum atomic E-state index is -2.75. The van der Waals surface area contributed by atoms with Crippen LogP contribution in [-0.4, -0.2) is 4.98 Å². The van der Waals surface area contributed by atoms with E-state index in [9.17, 15) is 8.78 Å². The Morgan fingerprint density at radius 3 is 2.60 bits per heavy atom. The van der Waals surface area contributed by atoms with Crippen LogP contribution in [0, 0.1) is 26.2 Å². The molecule has 1 aromatic heterocycles. The van der Waals surface area contributed by atoms with Crippen molar-refractivity contribution in [3.8, 4) is 12.1 Å². The van der Waals surface area contributed by atoms with Gasteiger partial charge in [-0.3, -0.25) is 0 Å². The Balaban J connectivity index is 3.39. The average molecular weight is 319 g/mol. The molecular weight excluding hydrogens is 315 g/mol. The quantitative estimate of drug-likeness (QED) is 0.787. The van der Waals surface area contributed by atoms with Crippen LogP contribution in [0.3, 0.4) is 0 Å². The van der Waals surface area contributed by atoms with Gasteiger partial charge in [0.1, 0.15) is 11.8 Å². The number of aromatic nitrogens is 1. The van der Waals surface area contributed by atoms with Gasteiger partial charge in [-0.25, -0.2) is 13.8 Å². The van der Waals surface area contributed by atoms with Crippen LogP contribution in [0.4, 0.5) is 8.78 Å². The van der Waals surface area contributed by atoms with E-state index in [-0.39, 0.29) is 21.2 Å². The van der Waals surface area contributed by atoms with Crippen molar-refractivity contribution in [2.75, 3.05) is 0 Å². The highest BCUT2D eigenvalue weighted by Gasteiger charge is 2.20. The Hall–Kier alpha value is -1.28. The van der Waals surface area contributed by atoms with E-state index in [2.05, 4.69) is 4.98 Å². The normalized spacial score (nSPS) is 9.73. The first kappa shape index (κ1) is 11.8. The van der Waals surface area contributed by atoms with Gasteiger partial charge in [0, 0.05) is 9.77 Å². The minimum absolute atomic E-state index is 0.0106. The number of hydrogen-bond donors (Lipinski definition) is 0. The zero-order valence-electron chi connectivity index (χ0n) is 7.34. The van der Waals surface area contributed by atoms with Gasteiger partial charge in [-0.15, -0.1) is 0 Å². The number of rotatable bonds is 2. The number of alkyl halides is 2. The second kappa shape index (κ2) is 4.99. The maximum Gasteiger partial charge on any atom is 0.267 e. The fourth-order valence-electron chi connectivity index (χ4n) is 1.04. The first-order chi connectivity index (χ1) is 7.11. The topological polar surface area (TPSA) is 60.5 Å². The van der Waals surface area contributed by atoms with Crippen LogP contribution in [0.2, 0.25) is 0 Å². The molecule has 76 valence electrons. The lowest BCUT2D eigenvalue weighted by Gasteiger charge is -2.07. The van der Waals surface area contributed by atoms with Gasteiger partial charge in [0.25, 0.3) is 6.43 Å². The van der Waals surface area contributed by atoms with Crippen molar-refractivity contribution in [2.45, 2.75) is 12.8 Å². The number of nitrogens with zero attached hydrogens (tertiary/aromatic N) is 3. The number of pyridine rings is 1. The average Bonchev–Trinajstić information content (AvgIpc) is 2.20. The monoisotopic (exact) mass is 319 g/mol. The van der Waals surface area contributed by atoms with Crippen molar-refractivity contribution in [1.82, 2.24) is 4.98 Å². The van der Waals surface area contributed by atoms with Gasteiger partial charge in [0.15, 0.2) is 0 Å². The zero-order chi connectivity index (χ0) is 11.4. The second-order valence-electron chi connectivity index (χ2n) is 2.61. The van der Waals surface area contributed by atoms with Crippen LogP contribution in [0.15, 0.2) is 6.20 Å². The molecule has 0 N–H and O–H groups in total. The third-order valence-corrected chi connectivity index (χ3v) is 2.99. The fourth-order valence-corrected chi connectivity index (χ4v) is 1.86. The molecule has 0 aliphatic carbocycles. The molecule has 3 nitrogen and oxygen atoms in total. The summed E-state index contributed by atoms with van der Waals surface area (Å²) in [5, 5.41) is 17.1. The van der Waals surface area contributed by atoms with E-state index in [0.717, 1.165) is 0 Å². The van der Waals surface area contributed by atoms with E-state index in [1.165, 1.54) is 6.20 Å². The van der Waals surface area contributed by atoms with E-state index < -0.39 is 6.43 Å². The Kier molecular flexibility index (Phi) is 3.92. The van der Waals surface area contributed by atoms with Crippen molar-refractivity contribution in [2.24, 2.45) is 0 Å². The molecule has 15 heavy (non-hydrogen) atoms. The van der Waals surface area contributed by atoms with Crippen molar-refractivity contribution < 1.29 is 8.78 Å². The van der Waals surface area contributed by atoms with Crippen molar-refractivity contribution in [3.63, 3.8) is 0 Å². The molecular formula is C9H4F2IN3. The maximum atomic E-state index is 12.6. The second-order valence-corrected chi connectivity index (χ2v) is 3.69. The summed E-state index contributed by atoms with van der Waals surface area (Å²) in [6, 6.07) is 3.46. The highest BCUT2D eigenvalue weighted by Crippen LogP contribution is 2.28. The molecule has 1 aromatic rings. The van der Waals surface area contributed by atoms with Gasteiger partial charge in [-0.1, -0.05) is 0 Å². The minimum Gasteiger partial charge on any atom is -0.245 e. The molecule has 1 rings (SSSR count). The third kappa shape index (κ3) is 2.39. The number of nitriles is 2. The number of halogens is 3. The highest BCUT2D eigenvalue weighted by molar-refractivity contribution is 14.1. The summed E-state index contributed by atoms with van der Waals surface area (Å²) < 4.78 is 25.5. The first-order valence-electron chi connectivity index (χ1n) is 3.84. The summed E-state index contributed by atoms with van der Waals surface area (Å²) in [6.07, 6.45) is -1.45. The Morgan fingerprint density at radius 2 is 2.13 bits per heavy atom. The predicted molar refractivity (Wildman–Crippen MR) is 55.9 cm³/mol. The van der Waals surface area contributed by atoms with Crippen molar-refractivity contribution in [3.05, 3.63) is 26.6 Å². The molecule has 0 unspecified atom stereocenters. The molecule has 0 aromatic carbocycles. The molecule has 1 heterocycles. The predicted octanol–water partition coefficient (Wildman–Crippen LogP) is 2.56. The van der Waals surface area contributed by atoms with Gasteiger partial charge in [0.2, 0.25) is 0 Å². The summed E-state index contributed by atoms with van der Waals surface area (Å²) in [6.45, 7) is 0. The largest absolute Gasteiger partial charge is 0.267 e. The molecule has 0 fully saturated rings. The van der Waals surface area contributed by atoms with Crippen LogP contribution in [0.5, 0.6) is 0 Å². The molecule has 0 spiro atoms. The standard InChI is InChI=1S/C9H4F2IN3/c10-9(11)7-6(3-14)15-4-5(1-2-13)8(7)12/h4,9H,1H2. The summed E-state index contributed by atoms with van der Waals surface area (Å²) in [4.78, 5) is 3.60. The lowest BCUT2D eigenvalue weighted by Crippen LogP contribution is -2.02. The highest BCUT2D eigenvalue weighted by atomic mass is 127. The smallest absolute Gasteiger partial charge is 0.245 e. The lowest BCUT2D eigenvalue weighted by molar-refractivity contribution is 0.149. The third-order valence-electron chi connectivity index (χ3n) is 1.72. The molecule has 0 saturated carbocycles. The molecule has 0 aliphatic rings. The maximum absolute atomic E-state index is 12.6. The van der Waals surface area contributed by atoms with Crippen molar-refractivity contribution >= 4 is 22.6 Å². The summed E-state index contributed by atoms with van der Waals surface area (Å²) in [5.41, 5.74) is -0.241. The molecule has 0 aliphatic heterocycles. The van der Waals surface area contributed by atoms with E-state index in [4.69, 9.17) is 10.5 Å². The summed E-state index contributed by atoms with van der Waals surface area (Å²) >= 11 is 1.71. The van der Waals surface area contributed by atoms with E-state index in [1.807, 2.05) is 6.07 Å².